The van der Waals surface area contributed by atoms with Crippen molar-refractivity contribution in [3.05, 3.63) is 34.3 Å². The van der Waals surface area contributed by atoms with Crippen LogP contribution in [0.4, 0.5) is 0 Å². The number of likely N-dealkylation sites (N-methyl/N-ethyl adjacent to an activating group) is 1. The van der Waals surface area contributed by atoms with Crippen LogP contribution in [0, 0.1) is 0 Å². The summed E-state index contributed by atoms with van der Waals surface area (Å²) in [6, 6.07) is 5.91. The number of nitrogens with zero attached hydrogens (tertiary/aromatic N) is 2. The van der Waals surface area contributed by atoms with Crippen LogP contribution in [0.2, 0.25) is 5.02 Å². The molecule has 0 bridgehead atoms. The number of fused-ring (bicyclic) bond motifs is 1. The molecule has 0 saturated carbocycles. The van der Waals surface area contributed by atoms with Crippen molar-refractivity contribution >= 4 is 38.7 Å². The monoisotopic (exact) mass is 264 g/mol. The van der Waals surface area contributed by atoms with E-state index >= 15 is 0 Å². The molecule has 1 aromatic heterocycles. The van der Waals surface area contributed by atoms with Crippen LogP contribution in [0.5, 0.6) is 0 Å². The summed E-state index contributed by atoms with van der Waals surface area (Å²) >= 11 is 7.73. The van der Waals surface area contributed by atoms with Crippen LogP contribution in [0.1, 0.15) is 11.4 Å². The maximum atomic E-state index is 5.98. The quantitative estimate of drug-likeness (QED) is 0.781. The second kappa shape index (κ2) is 4.41. The topological polar surface area (TPSA) is 16.1 Å². The minimum Gasteiger partial charge on any atom is -0.302 e. The van der Waals surface area contributed by atoms with Gasteiger partial charge in [0.15, 0.2) is 0 Å². The molecule has 0 unspecified atom stereocenters. The Bertz CT molecular complexity index is 588. The van der Waals surface area contributed by atoms with Gasteiger partial charge < -0.3 is 4.90 Å². The van der Waals surface area contributed by atoms with Crippen LogP contribution in [-0.2, 0) is 0 Å². The zero-order valence-corrected chi connectivity index (χ0v) is 11.2. The Hall–Kier alpha value is -0.900. The number of rotatable bonds is 1. The highest BCUT2D eigenvalue weighted by molar-refractivity contribution is 7.19. The van der Waals surface area contributed by atoms with Gasteiger partial charge in [0.05, 0.1) is 10.2 Å². The summed E-state index contributed by atoms with van der Waals surface area (Å²) in [6.45, 7) is 2.13. The minimum atomic E-state index is 0.756. The molecule has 0 radical (unpaired) electrons. The van der Waals surface area contributed by atoms with E-state index in [0.717, 1.165) is 35.1 Å². The fraction of sp³-hybridized carbons (Fsp3) is 0.308. The molecule has 1 aromatic carbocycles. The van der Waals surface area contributed by atoms with Gasteiger partial charge in [0, 0.05) is 18.1 Å². The summed E-state index contributed by atoms with van der Waals surface area (Å²) in [5.74, 6) is 0. The van der Waals surface area contributed by atoms with Gasteiger partial charge in [0.2, 0.25) is 0 Å². The van der Waals surface area contributed by atoms with Gasteiger partial charge in [-0.1, -0.05) is 17.7 Å². The molecule has 0 spiro atoms. The summed E-state index contributed by atoms with van der Waals surface area (Å²) < 4.78 is 1.21. The minimum absolute atomic E-state index is 0.756. The summed E-state index contributed by atoms with van der Waals surface area (Å²) in [6.07, 6.45) is 3.37. The lowest BCUT2D eigenvalue weighted by Crippen LogP contribution is -2.23. The maximum absolute atomic E-state index is 5.98. The van der Waals surface area contributed by atoms with E-state index in [2.05, 4.69) is 23.0 Å². The molecule has 0 N–H and O–H groups in total. The fourth-order valence-electron chi connectivity index (χ4n) is 2.00. The molecular weight excluding hydrogens is 252 g/mol. The normalized spacial score (nSPS) is 17.4. The second-order valence-electron chi connectivity index (χ2n) is 4.37. The molecule has 0 atom stereocenters. The van der Waals surface area contributed by atoms with Gasteiger partial charge in [-0.15, -0.1) is 11.3 Å². The summed E-state index contributed by atoms with van der Waals surface area (Å²) in [4.78, 5) is 6.98. The highest BCUT2D eigenvalue weighted by atomic mass is 35.5. The van der Waals surface area contributed by atoms with Crippen LogP contribution >= 0.6 is 22.9 Å². The van der Waals surface area contributed by atoms with E-state index in [9.17, 15) is 0 Å². The van der Waals surface area contributed by atoms with E-state index in [1.165, 1.54) is 10.3 Å². The molecule has 3 rings (SSSR count). The number of benzene rings is 1. The van der Waals surface area contributed by atoms with Crippen molar-refractivity contribution in [3.8, 4) is 0 Å². The summed E-state index contributed by atoms with van der Waals surface area (Å²) in [5, 5.41) is 1.90. The summed E-state index contributed by atoms with van der Waals surface area (Å²) in [5.41, 5.74) is 2.39. The Kier molecular flexibility index (Phi) is 2.90. The van der Waals surface area contributed by atoms with Gasteiger partial charge in [0.25, 0.3) is 0 Å². The molecule has 4 heteroatoms. The van der Waals surface area contributed by atoms with Gasteiger partial charge >= 0.3 is 0 Å². The average molecular weight is 265 g/mol. The molecule has 0 saturated heterocycles. The Morgan fingerprint density at radius 2 is 2.29 bits per heavy atom. The molecule has 1 aliphatic heterocycles. The van der Waals surface area contributed by atoms with Crippen LogP contribution in [0.3, 0.4) is 0 Å². The third-order valence-corrected chi connectivity index (χ3v) is 4.38. The lowest BCUT2D eigenvalue weighted by Gasteiger charge is -2.20. The van der Waals surface area contributed by atoms with E-state index < -0.39 is 0 Å². The zero-order chi connectivity index (χ0) is 11.8. The number of thiazole rings is 1. The second-order valence-corrected chi connectivity index (χ2v) is 5.84. The van der Waals surface area contributed by atoms with Crippen LogP contribution in [0.15, 0.2) is 24.3 Å². The van der Waals surface area contributed by atoms with Crippen molar-refractivity contribution in [1.82, 2.24) is 9.88 Å². The molecule has 1 aliphatic rings. The van der Waals surface area contributed by atoms with Crippen molar-refractivity contribution in [2.45, 2.75) is 6.42 Å². The van der Waals surface area contributed by atoms with Gasteiger partial charge in [-0.05, 0) is 37.2 Å². The predicted octanol–water partition coefficient (Wildman–Crippen LogP) is 3.67. The first-order valence-electron chi connectivity index (χ1n) is 5.66. The predicted molar refractivity (Wildman–Crippen MR) is 74.7 cm³/mol. The Morgan fingerprint density at radius 3 is 3.06 bits per heavy atom. The van der Waals surface area contributed by atoms with Gasteiger partial charge in [-0.2, -0.15) is 0 Å². The standard InChI is InChI=1S/C13H13ClN2S/c1-16-6-4-9(5-7-16)13-15-11-8-10(14)2-3-12(11)17-13/h2-4,8H,5-7H2,1H3. The van der Waals surface area contributed by atoms with Gasteiger partial charge in [0.1, 0.15) is 5.01 Å². The largest absolute Gasteiger partial charge is 0.302 e. The lowest BCUT2D eigenvalue weighted by molar-refractivity contribution is 0.370. The molecule has 2 heterocycles. The highest BCUT2D eigenvalue weighted by Gasteiger charge is 2.13. The van der Waals surface area contributed by atoms with E-state index in [1.54, 1.807) is 11.3 Å². The van der Waals surface area contributed by atoms with Crippen molar-refractivity contribution < 1.29 is 0 Å². The van der Waals surface area contributed by atoms with Crippen molar-refractivity contribution in [2.75, 3.05) is 20.1 Å². The van der Waals surface area contributed by atoms with Crippen molar-refractivity contribution in [3.63, 3.8) is 0 Å². The fourth-order valence-corrected chi connectivity index (χ4v) is 3.18. The molecule has 17 heavy (non-hydrogen) atoms. The number of halogens is 1. The third-order valence-electron chi connectivity index (χ3n) is 3.04. The van der Waals surface area contributed by atoms with E-state index in [1.807, 2.05) is 18.2 Å². The number of hydrogen-bond acceptors (Lipinski definition) is 3. The van der Waals surface area contributed by atoms with Crippen LogP contribution in [-0.4, -0.2) is 30.0 Å². The molecule has 0 fully saturated rings. The molecular formula is C13H13ClN2S. The number of hydrogen-bond donors (Lipinski definition) is 0. The smallest absolute Gasteiger partial charge is 0.120 e. The average Bonchev–Trinajstić information content (AvgIpc) is 2.72. The summed E-state index contributed by atoms with van der Waals surface area (Å²) in [7, 11) is 2.14. The first kappa shape index (κ1) is 11.2. The first-order valence-corrected chi connectivity index (χ1v) is 6.86. The lowest BCUT2D eigenvalue weighted by atomic mass is 10.1. The number of aromatic nitrogens is 1. The Labute approximate surface area is 110 Å². The molecule has 0 amide bonds. The van der Waals surface area contributed by atoms with Crippen LogP contribution < -0.4 is 0 Å². The Balaban J connectivity index is 2.01. The van der Waals surface area contributed by atoms with Crippen molar-refractivity contribution in [2.24, 2.45) is 0 Å². The van der Waals surface area contributed by atoms with Gasteiger partial charge in [-0.3, -0.25) is 0 Å². The molecule has 0 aliphatic carbocycles. The van der Waals surface area contributed by atoms with E-state index in [-0.39, 0.29) is 0 Å². The van der Waals surface area contributed by atoms with E-state index in [0.29, 0.717) is 0 Å². The zero-order valence-electron chi connectivity index (χ0n) is 9.61. The molecule has 2 nitrogen and oxygen atoms in total. The van der Waals surface area contributed by atoms with E-state index in [4.69, 9.17) is 11.6 Å². The highest BCUT2D eigenvalue weighted by Crippen LogP contribution is 2.31. The van der Waals surface area contributed by atoms with Crippen LogP contribution in [0.25, 0.3) is 15.8 Å². The van der Waals surface area contributed by atoms with Gasteiger partial charge in [-0.25, -0.2) is 4.98 Å². The molecule has 88 valence electrons. The maximum Gasteiger partial charge on any atom is 0.120 e. The first-order chi connectivity index (χ1) is 8.22. The van der Waals surface area contributed by atoms with Crippen molar-refractivity contribution in [1.29, 1.82) is 0 Å². The Morgan fingerprint density at radius 1 is 1.41 bits per heavy atom. The molecule has 2 aromatic rings. The SMILES string of the molecule is CN1CC=C(c2nc3cc(Cl)ccc3s2)CC1. The third kappa shape index (κ3) is 2.23.